The highest BCUT2D eigenvalue weighted by atomic mass is 16.5. The molecule has 5 heteroatoms. The molecule has 5 nitrogen and oxygen atoms in total. The summed E-state index contributed by atoms with van der Waals surface area (Å²) in [5, 5.41) is 3.42. The minimum Gasteiger partial charge on any atom is -0.461 e. The van der Waals surface area contributed by atoms with E-state index in [1.807, 2.05) is 42.5 Å². The van der Waals surface area contributed by atoms with Crippen LogP contribution in [-0.2, 0) is 21.5 Å². The summed E-state index contributed by atoms with van der Waals surface area (Å²) < 4.78 is 12.0. The molecule has 34 heavy (non-hydrogen) atoms. The van der Waals surface area contributed by atoms with Gasteiger partial charge in [0.1, 0.15) is 11.6 Å². The van der Waals surface area contributed by atoms with Gasteiger partial charge in [0, 0.05) is 12.3 Å². The second-order valence-electron chi connectivity index (χ2n) is 9.82. The van der Waals surface area contributed by atoms with Crippen LogP contribution in [0.5, 0.6) is 0 Å². The number of esters is 1. The lowest BCUT2D eigenvalue weighted by molar-refractivity contribution is -0.162. The number of para-hydroxylation sites is 2. The fourth-order valence-electron chi connectivity index (χ4n) is 5.57. The molecule has 1 aromatic heterocycles. The van der Waals surface area contributed by atoms with Gasteiger partial charge >= 0.3 is 5.97 Å². The molecule has 3 aromatic rings. The second-order valence-corrected chi connectivity index (χ2v) is 9.82. The van der Waals surface area contributed by atoms with Crippen molar-refractivity contribution in [2.45, 2.75) is 69.4 Å². The standard InChI is InChI=1S/C29H34N2O3/c1-21-19-26(23(21)15-18-30-20-27-31-24-13-7-8-14-25(24)33-27)34-28(32)29(16-9-2-3-10-17-29)22-11-5-4-6-12-22/h4-8,11-14,23,26,30H,1-3,9-10,15-20H2. The van der Waals surface area contributed by atoms with E-state index in [1.54, 1.807) is 0 Å². The van der Waals surface area contributed by atoms with Crippen molar-refractivity contribution in [1.82, 2.24) is 10.3 Å². The molecule has 2 aromatic carbocycles. The summed E-state index contributed by atoms with van der Waals surface area (Å²) in [6, 6.07) is 18.1. The van der Waals surface area contributed by atoms with Crippen molar-refractivity contribution in [2.24, 2.45) is 5.92 Å². The highest BCUT2D eigenvalue weighted by Crippen LogP contribution is 2.43. The highest BCUT2D eigenvalue weighted by molar-refractivity contribution is 5.83. The summed E-state index contributed by atoms with van der Waals surface area (Å²) in [6.45, 7) is 5.59. The third-order valence-electron chi connectivity index (χ3n) is 7.62. The van der Waals surface area contributed by atoms with Crippen LogP contribution in [0, 0.1) is 5.92 Å². The van der Waals surface area contributed by atoms with Gasteiger partial charge in [0.25, 0.3) is 0 Å². The van der Waals surface area contributed by atoms with Crippen molar-refractivity contribution in [2.75, 3.05) is 6.54 Å². The Morgan fingerprint density at radius 2 is 1.79 bits per heavy atom. The first kappa shape index (κ1) is 22.9. The van der Waals surface area contributed by atoms with E-state index in [0.29, 0.717) is 12.4 Å². The normalized spacial score (nSPS) is 22.2. The number of oxazole rings is 1. The van der Waals surface area contributed by atoms with Crippen LogP contribution < -0.4 is 5.32 Å². The zero-order valence-corrected chi connectivity index (χ0v) is 19.8. The van der Waals surface area contributed by atoms with Crippen molar-refractivity contribution in [3.63, 3.8) is 0 Å². The zero-order valence-electron chi connectivity index (χ0n) is 19.8. The third kappa shape index (κ3) is 4.67. The molecular weight excluding hydrogens is 424 g/mol. The summed E-state index contributed by atoms with van der Waals surface area (Å²) >= 11 is 0. The fraction of sp³-hybridized carbons (Fsp3) is 0.448. The molecule has 0 aliphatic heterocycles. The SMILES string of the molecule is C=C1CC(OC(=O)C2(c3ccccc3)CCCCCC2)C1CCNCc1nc2ccccc2o1. The Balaban J connectivity index is 1.18. The van der Waals surface area contributed by atoms with Gasteiger partial charge in [-0.15, -0.1) is 0 Å². The Morgan fingerprint density at radius 3 is 2.53 bits per heavy atom. The maximum atomic E-state index is 13.6. The number of ether oxygens (including phenoxy) is 1. The van der Waals surface area contributed by atoms with Crippen LogP contribution in [0.2, 0.25) is 0 Å². The van der Waals surface area contributed by atoms with Gasteiger partial charge in [-0.1, -0.05) is 80.3 Å². The second kappa shape index (κ2) is 10.1. The number of hydrogen-bond donors (Lipinski definition) is 1. The number of fused-ring (bicyclic) bond motifs is 1. The predicted molar refractivity (Wildman–Crippen MR) is 133 cm³/mol. The Morgan fingerprint density at radius 1 is 1.06 bits per heavy atom. The lowest BCUT2D eigenvalue weighted by atomic mass is 9.72. The molecule has 5 rings (SSSR count). The number of carbonyl (C=O) groups is 1. The fourth-order valence-corrected chi connectivity index (χ4v) is 5.57. The topological polar surface area (TPSA) is 64.4 Å². The molecular formula is C29H34N2O3. The van der Waals surface area contributed by atoms with Gasteiger partial charge in [-0.3, -0.25) is 4.79 Å². The van der Waals surface area contributed by atoms with E-state index >= 15 is 0 Å². The predicted octanol–water partition coefficient (Wildman–Crippen LogP) is 6.09. The molecule has 2 fully saturated rings. The molecule has 1 N–H and O–H groups in total. The van der Waals surface area contributed by atoms with E-state index in [1.165, 1.54) is 18.4 Å². The number of aromatic nitrogens is 1. The van der Waals surface area contributed by atoms with Crippen LogP contribution in [-0.4, -0.2) is 23.6 Å². The maximum Gasteiger partial charge on any atom is 0.316 e. The molecule has 2 aliphatic carbocycles. The van der Waals surface area contributed by atoms with E-state index in [0.717, 1.165) is 61.7 Å². The molecule has 2 atom stereocenters. The van der Waals surface area contributed by atoms with Crippen LogP contribution in [0.3, 0.4) is 0 Å². The molecule has 2 unspecified atom stereocenters. The van der Waals surface area contributed by atoms with E-state index in [-0.39, 0.29) is 18.0 Å². The number of rotatable bonds is 8. The number of nitrogens with one attached hydrogen (secondary N) is 1. The Labute approximate surface area is 201 Å². The molecule has 0 amide bonds. The van der Waals surface area contributed by atoms with Crippen molar-refractivity contribution in [3.8, 4) is 0 Å². The van der Waals surface area contributed by atoms with Gasteiger partial charge in [-0.2, -0.15) is 0 Å². The quantitative estimate of drug-likeness (QED) is 0.192. The molecule has 0 radical (unpaired) electrons. The van der Waals surface area contributed by atoms with Gasteiger partial charge in [0.15, 0.2) is 5.58 Å². The third-order valence-corrected chi connectivity index (χ3v) is 7.62. The van der Waals surface area contributed by atoms with Gasteiger partial charge in [-0.05, 0) is 43.5 Å². The van der Waals surface area contributed by atoms with Crippen molar-refractivity contribution in [3.05, 3.63) is 78.2 Å². The zero-order chi connectivity index (χ0) is 23.4. The van der Waals surface area contributed by atoms with Crippen LogP contribution in [0.25, 0.3) is 11.1 Å². The Bertz CT molecular complexity index is 1100. The number of carbonyl (C=O) groups excluding carboxylic acids is 1. The van der Waals surface area contributed by atoms with Crippen LogP contribution in [0.15, 0.2) is 71.2 Å². The minimum absolute atomic E-state index is 0.0393. The maximum absolute atomic E-state index is 13.6. The summed E-state index contributed by atoms with van der Waals surface area (Å²) in [5.41, 5.74) is 3.46. The molecule has 0 saturated heterocycles. The molecule has 1 heterocycles. The minimum atomic E-state index is -0.509. The van der Waals surface area contributed by atoms with Gasteiger partial charge in [-0.25, -0.2) is 4.98 Å². The van der Waals surface area contributed by atoms with E-state index < -0.39 is 5.41 Å². The molecule has 0 bridgehead atoms. The lowest BCUT2D eigenvalue weighted by Crippen LogP contribution is -2.45. The van der Waals surface area contributed by atoms with Gasteiger partial charge in [0.2, 0.25) is 5.89 Å². The van der Waals surface area contributed by atoms with Crippen molar-refractivity contribution < 1.29 is 13.9 Å². The molecule has 0 spiro atoms. The average molecular weight is 459 g/mol. The first-order valence-corrected chi connectivity index (χ1v) is 12.7. The number of nitrogens with zero attached hydrogens (tertiary/aromatic N) is 1. The number of hydrogen-bond acceptors (Lipinski definition) is 5. The monoisotopic (exact) mass is 458 g/mol. The average Bonchev–Trinajstić information content (AvgIpc) is 3.10. The van der Waals surface area contributed by atoms with Crippen LogP contribution in [0.4, 0.5) is 0 Å². The summed E-state index contributed by atoms with van der Waals surface area (Å²) in [7, 11) is 0. The summed E-state index contributed by atoms with van der Waals surface area (Å²) in [4.78, 5) is 18.2. The van der Waals surface area contributed by atoms with Crippen molar-refractivity contribution in [1.29, 1.82) is 0 Å². The highest BCUT2D eigenvalue weighted by Gasteiger charge is 2.45. The Hall–Kier alpha value is -2.92. The van der Waals surface area contributed by atoms with Gasteiger partial charge < -0.3 is 14.5 Å². The van der Waals surface area contributed by atoms with Crippen LogP contribution >= 0.6 is 0 Å². The van der Waals surface area contributed by atoms with Gasteiger partial charge in [0.05, 0.1) is 12.0 Å². The van der Waals surface area contributed by atoms with E-state index in [9.17, 15) is 4.79 Å². The number of benzene rings is 2. The summed E-state index contributed by atoms with van der Waals surface area (Å²) in [6.07, 6.45) is 7.86. The van der Waals surface area contributed by atoms with E-state index in [4.69, 9.17) is 9.15 Å². The largest absolute Gasteiger partial charge is 0.461 e. The summed E-state index contributed by atoms with van der Waals surface area (Å²) in [5.74, 6) is 0.857. The first-order valence-electron chi connectivity index (χ1n) is 12.7. The molecule has 178 valence electrons. The van der Waals surface area contributed by atoms with Crippen molar-refractivity contribution >= 4 is 17.1 Å². The first-order chi connectivity index (χ1) is 16.7. The molecule has 2 saturated carbocycles. The van der Waals surface area contributed by atoms with E-state index in [2.05, 4.69) is 29.0 Å². The Kier molecular flexibility index (Phi) is 6.82. The smallest absolute Gasteiger partial charge is 0.316 e. The van der Waals surface area contributed by atoms with Crippen LogP contribution in [0.1, 0.15) is 62.8 Å². The lowest BCUT2D eigenvalue weighted by Gasteiger charge is -2.41. The molecule has 2 aliphatic rings.